The maximum Gasteiger partial charge on any atom is 0.124 e. The van der Waals surface area contributed by atoms with E-state index in [1.165, 1.54) is 0 Å². The zero-order valence-electron chi connectivity index (χ0n) is 6.91. The second kappa shape index (κ2) is 4.78. The molecule has 0 atom stereocenters. The highest BCUT2D eigenvalue weighted by molar-refractivity contribution is 5.85. The second-order valence-electron chi connectivity index (χ2n) is 2.57. The number of hydrogen-bond acceptors (Lipinski definition) is 2. The summed E-state index contributed by atoms with van der Waals surface area (Å²) >= 11 is 0. The molecule has 0 saturated carbocycles. The molecule has 0 aliphatic carbocycles. The number of hydrogen-bond donors (Lipinski definition) is 1. The van der Waals surface area contributed by atoms with Gasteiger partial charge in [0.1, 0.15) is 6.29 Å². The summed E-state index contributed by atoms with van der Waals surface area (Å²) < 4.78 is 0. The highest BCUT2D eigenvalue weighted by Crippen LogP contribution is 2.13. The summed E-state index contributed by atoms with van der Waals surface area (Å²) in [6.07, 6.45) is 1.27. The Bertz CT molecular complexity index is 273. The van der Waals surface area contributed by atoms with Crippen LogP contribution >= 0.6 is 12.4 Å². The largest absolute Gasteiger partial charge is 0.398 e. The first-order valence-corrected chi connectivity index (χ1v) is 3.52. The van der Waals surface area contributed by atoms with Crippen LogP contribution in [0, 0.1) is 6.92 Å². The molecule has 0 unspecified atom stereocenters. The zero-order valence-corrected chi connectivity index (χ0v) is 7.73. The van der Waals surface area contributed by atoms with Crippen molar-refractivity contribution in [1.29, 1.82) is 0 Å². The van der Waals surface area contributed by atoms with Gasteiger partial charge in [-0.15, -0.1) is 12.4 Å². The SMILES string of the molecule is Cc1ccc(CC=O)c(N)c1.Cl. The molecule has 0 radical (unpaired) electrons. The fraction of sp³-hybridized carbons (Fsp3) is 0.222. The van der Waals surface area contributed by atoms with Crippen molar-refractivity contribution >= 4 is 24.4 Å². The van der Waals surface area contributed by atoms with Crippen molar-refractivity contribution in [2.24, 2.45) is 0 Å². The lowest BCUT2D eigenvalue weighted by atomic mass is 10.1. The molecule has 1 aromatic rings. The Hall–Kier alpha value is -1.02. The van der Waals surface area contributed by atoms with E-state index in [9.17, 15) is 4.79 Å². The molecule has 0 heterocycles. The molecule has 0 aromatic heterocycles. The van der Waals surface area contributed by atoms with Crippen molar-refractivity contribution in [3.63, 3.8) is 0 Å². The van der Waals surface area contributed by atoms with Crippen LogP contribution in [-0.4, -0.2) is 6.29 Å². The van der Waals surface area contributed by atoms with E-state index >= 15 is 0 Å². The van der Waals surface area contributed by atoms with Crippen molar-refractivity contribution in [2.75, 3.05) is 5.73 Å². The number of carbonyl (C=O) groups is 1. The van der Waals surface area contributed by atoms with Gasteiger partial charge in [-0.2, -0.15) is 0 Å². The van der Waals surface area contributed by atoms with Crippen LogP contribution in [0.15, 0.2) is 18.2 Å². The van der Waals surface area contributed by atoms with Crippen molar-refractivity contribution < 1.29 is 4.79 Å². The molecule has 0 bridgehead atoms. The number of rotatable bonds is 2. The first kappa shape index (κ1) is 11.0. The fourth-order valence-electron chi connectivity index (χ4n) is 0.990. The molecule has 1 aromatic carbocycles. The molecule has 0 saturated heterocycles. The number of aldehydes is 1. The lowest BCUT2D eigenvalue weighted by Gasteiger charge is -2.01. The molecule has 0 aliphatic rings. The fourth-order valence-corrected chi connectivity index (χ4v) is 0.990. The Morgan fingerprint density at radius 3 is 2.67 bits per heavy atom. The summed E-state index contributed by atoms with van der Waals surface area (Å²) in [4.78, 5) is 10.2. The number of halogens is 1. The average molecular weight is 186 g/mol. The highest BCUT2D eigenvalue weighted by Gasteiger charge is 1.96. The van der Waals surface area contributed by atoms with Gasteiger partial charge in [0, 0.05) is 12.1 Å². The van der Waals surface area contributed by atoms with Crippen LogP contribution in [0.4, 0.5) is 5.69 Å². The third-order valence-corrected chi connectivity index (χ3v) is 1.60. The summed E-state index contributed by atoms with van der Waals surface area (Å²) in [7, 11) is 0. The quantitative estimate of drug-likeness (QED) is 0.564. The third kappa shape index (κ3) is 2.55. The van der Waals surface area contributed by atoms with E-state index < -0.39 is 0 Å². The number of nitrogens with two attached hydrogens (primary N) is 1. The van der Waals surface area contributed by atoms with Crippen LogP contribution in [0.25, 0.3) is 0 Å². The summed E-state index contributed by atoms with van der Waals surface area (Å²) in [6, 6.07) is 5.72. The van der Waals surface area contributed by atoms with Crippen LogP contribution in [0.1, 0.15) is 11.1 Å². The van der Waals surface area contributed by atoms with Crippen molar-refractivity contribution in [1.82, 2.24) is 0 Å². The highest BCUT2D eigenvalue weighted by atomic mass is 35.5. The zero-order chi connectivity index (χ0) is 8.27. The van der Waals surface area contributed by atoms with Crippen molar-refractivity contribution in [3.05, 3.63) is 29.3 Å². The number of anilines is 1. The summed E-state index contributed by atoms with van der Waals surface area (Å²) in [6.45, 7) is 1.97. The molecular formula is C9H12ClNO. The van der Waals surface area contributed by atoms with Crippen LogP contribution in [0.2, 0.25) is 0 Å². The molecule has 1 rings (SSSR count). The summed E-state index contributed by atoms with van der Waals surface area (Å²) in [5.74, 6) is 0. The van der Waals surface area contributed by atoms with Crippen LogP contribution < -0.4 is 5.73 Å². The van der Waals surface area contributed by atoms with Gasteiger partial charge in [0.15, 0.2) is 0 Å². The molecule has 12 heavy (non-hydrogen) atoms. The monoisotopic (exact) mass is 185 g/mol. The van der Waals surface area contributed by atoms with Crippen molar-refractivity contribution in [3.8, 4) is 0 Å². The number of carbonyl (C=O) groups excluding carboxylic acids is 1. The lowest BCUT2D eigenvalue weighted by Crippen LogP contribution is -1.95. The standard InChI is InChI=1S/C9H11NO.ClH/c1-7-2-3-8(4-5-11)9(10)6-7;/h2-3,5-6H,4,10H2,1H3;1H. The normalized spacial score (nSPS) is 8.75. The van der Waals surface area contributed by atoms with E-state index in [1.54, 1.807) is 0 Å². The lowest BCUT2D eigenvalue weighted by molar-refractivity contribution is -0.107. The maximum absolute atomic E-state index is 10.2. The first-order valence-electron chi connectivity index (χ1n) is 3.52. The van der Waals surface area contributed by atoms with Crippen molar-refractivity contribution in [2.45, 2.75) is 13.3 Å². The molecular weight excluding hydrogens is 174 g/mol. The van der Waals surface area contributed by atoms with Gasteiger partial charge >= 0.3 is 0 Å². The van der Waals surface area contributed by atoms with Crippen LogP contribution in [0.3, 0.4) is 0 Å². The Kier molecular flexibility index (Phi) is 4.37. The van der Waals surface area contributed by atoms with Crippen LogP contribution in [0.5, 0.6) is 0 Å². The topological polar surface area (TPSA) is 43.1 Å². The van der Waals surface area contributed by atoms with E-state index in [4.69, 9.17) is 5.73 Å². The Morgan fingerprint density at radius 1 is 1.50 bits per heavy atom. The molecule has 66 valence electrons. The van der Waals surface area contributed by atoms with E-state index in [0.717, 1.165) is 17.4 Å². The van der Waals surface area contributed by atoms with Gasteiger partial charge in [-0.25, -0.2) is 0 Å². The number of benzene rings is 1. The molecule has 0 aliphatic heterocycles. The smallest absolute Gasteiger partial charge is 0.124 e. The van der Waals surface area contributed by atoms with Gasteiger partial charge in [-0.1, -0.05) is 12.1 Å². The van der Waals surface area contributed by atoms with Crippen LogP contribution in [-0.2, 0) is 11.2 Å². The molecule has 0 spiro atoms. The Labute approximate surface area is 78.2 Å². The first-order chi connectivity index (χ1) is 5.24. The predicted molar refractivity (Wildman–Crippen MR) is 52.6 cm³/mol. The summed E-state index contributed by atoms with van der Waals surface area (Å²) in [5, 5.41) is 0. The number of nitrogen functional groups attached to an aromatic ring is 1. The van der Waals surface area contributed by atoms with Gasteiger partial charge in [0.05, 0.1) is 0 Å². The van der Waals surface area contributed by atoms with E-state index in [1.807, 2.05) is 25.1 Å². The van der Waals surface area contributed by atoms with Gasteiger partial charge < -0.3 is 10.5 Å². The Balaban J connectivity index is 0.00000121. The van der Waals surface area contributed by atoms with Gasteiger partial charge in [0.2, 0.25) is 0 Å². The Morgan fingerprint density at radius 2 is 2.17 bits per heavy atom. The van der Waals surface area contributed by atoms with Gasteiger partial charge in [-0.3, -0.25) is 0 Å². The van der Waals surface area contributed by atoms with Gasteiger partial charge in [-0.05, 0) is 24.1 Å². The minimum atomic E-state index is 0. The predicted octanol–water partition coefficient (Wildman–Crippen LogP) is 1.74. The molecule has 2 nitrogen and oxygen atoms in total. The number of aryl methyl sites for hydroxylation is 1. The minimum Gasteiger partial charge on any atom is -0.398 e. The van der Waals surface area contributed by atoms with Gasteiger partial charge in [0.25, 0.3) is 0 Å². The van der Waals surface area contributed by atoms with E-state index in [-0.39, 0.29) is 12.4 Å². The molecule has 0 fully saturated rings. The van der Waals surface area contributed by atoms with E-state index in [0.29, 0.717) is 12.1 Å². The summed E-state index contributed by atoms with van der Waals surface area (Å²) in [5.41, 5.74) is 8.38. The van der Waals surface area contributed by atoms with E-state index in [2.05, 4.69) is 0 Å². The molecule has 2 N–H and O–H groups in total. The maximum atomic E-state index is 10.2. The average Bonchev–Trinajstić information content (AvgIpc) is 1.95. The second-order valence-corrected chi connectivity index (χ2v) is 2.57. The minimum absolute atomic E-state index is 0. The molecule has 3 heteroatoms. The molecule has 0 amide bonds. The third-order valence-electron chi connectivity index (χ3n) is 1.60.